The topological polar surface area (TPSA) is 64.0 Å². The van der Waals surface area contributed by atoms with Crippen LogP contribution in [0.4, 0.5) is 4.39 Å². The van der Waals surface area contributed by atoms with Gasteiger partial charge in [-0.15, -0.1) is 0 Å². The number of amides is 1. The Balaban J connectivity index is 1.58. The molecule has 5 nitrogen and oxygen atoms in total. The summed E-state index contributed by atoms with van der Waals surface area (Å²) in [4.78, 5) is 31.1. The van der Waals surface area contributed by atoms with E-state index in [0.717, 1.165) is 36.6 Å². The van der Waals surface area contributed by atoms with Crippen LogP contribution in [0.25, 0.3) is 11.0 Å². The Morgan fingerprint density at radius 3 is 2.21 bits per heavy atom. The molecule has 1 aliphatic rings. The van der Waals surface area contributed by atoms with Gasteiger partial charge in [-0.25, -0.2) is 9.37 Å². The highest BCUT2D eigenvalue weighted by atomic mass is 19.1. The van der Waals surface area contributed by atoms with Crippen LogP contribution in [0.1, 0.15) is 86.6 Å². The van der Waals surface area contributed by atoms with E-state index in [1.165, 1.54) is 61.6 Å². The van der Waals surface area contributed by atoms with Crippen molar-refractivity contribution < 1.29 is 9.18 Å². The molecule has 1 aliphatic carbocycles. The standard InChI is InChI=1S/C28H34FN3O2/c29-23-16-14-21(15-17-23)20-32-26-22(11-10-18-30-26)19-25(28(32)34)27(33)31-24-12-8-6-4-2-1-3-5-7-9-13-24/h10-11,14-19,24H,1-9,12-13,20H2,(H,31,33). The van der Waals surface area contributed by atoms with Gasteiger partial charge in [0.05, 0.1) is 6.54 Å². The fraction of sp³-hybridized carbons (Fsp3) is 0.464. The molecule has 0 unspecified atom stereocenters. The molecule has 0 atom stereocenters. The molecule has 3 aromatic rings. The van der Waals surface area contributed by atoms with Crippen molar-refractivity contribution in [1.29, 1.82) is 0 Å². The van der Waals surface area contributed by atoms with Gasteiger partial charge in [0.1, 0.15) is 17.0 Å². The van der Waals surface area contributed by atoms with E-state index in [0.29, 0.717) is 5.65 Å². The van der Waals surface area contributed by atoms with Gasteiger partial charge in [0.2, 0.25) is 0 Å². The highest BCUT2D eigenvalue weighted by Gasteiger charge is 2.20. The van der Waals surface area contributed by atoms with Crippen LogP contribution in [-0.4, -0.2) is 21.5 Å². The summed E-state index contributed by atoms with van der Waals surface area (Å²) in [6.07, 6.45) is 14.6. The highest BCUT2D eigenvalue weighted by Crippen LogP contribution is 2.18. The molecule has 1 amide bonds. The van der Waals surface area contributed by atoms with Crippen molar-refractivity contribution in [3.05, 3.63) is 76.0 Å². The molecule has 1 aromatic carbocycles. The first-order valence-electron chi connectivity index (χ1n) is 12.7. The van der Waals surface area contributed by atoms with Gasteiger partial charge in [0, 0.05) is 17.6 Å². The number of hydrogen-bond acceptors (Lipinski definition) is 3. The summed E-state index contributed by atoms with van der Waals surface area (Å²) in [6.45, 7) is 0.219. The number of nitrogens with one attached hydrogen (secondary N) is 1. The summed E-state index contributed by atoms with van der Waals surface area (Å²) >= 11 is 0. The summed E-state index contributed by atoms with van der Waals surface area (Å²) in [7, 11) is 0. The second-order valence-electron chi connectivity index (χ2n) is 9.42. The van der Waals surface area contributed by atoms with Crippen molar-refractivity contribution in [2.24, 2.45) is 0 Å². The van der Waals surface area contributed by atoms with Crippen molar-refractivity contribution in [3.8, 4) is 0 Å². The molecule has 0 aliphatic heterocycles. The van der Waals surface area contributed by atoms with Gasteiger partial charge >= 0.3 is 0 Å². The molecule has 2 aromatic heterocycles. The zero-order chi connectivity index (χ0) is 23.8. The molecule has 6 heteroatoms. The van der Waals surface area contributed by atoms with E-state index < -0.39 is 0 Å². The van der Waals surface area contributed by atoms with Crippen molar-refractivity contribution >= 4 is 16.9 Å². The molecular formula is C28H34FN3O2. The third-order valence-electron chi connectivity index (χ3n) is 6.79. The Labute approximate surface area is 200 Å². The van der Waals surface area contributed by atoms with Crippen molar-refractivity contribution in [3.63, 3.8) is 0 Å². The molecule has 0 spiro atoms. The molecule has 2 heterocycles. The van der Waals surface area contributed by atoms with Gasteiger partial charge in [-0.3, -0.25) is 14.2 Å². The number of carbonyl (C=O) groups is 1. The fourth-order valence-corrected chi connectivity index (χ4v) is 4.86. The monoisotopic (exact) mass is 463 g/mol. The van der Waals surface area contributed by atoms with E-state index in [-0.39, 0.29) is 35.4 Å². The molecule has 180 valence electrons. The van der Waals surface area contributed by atoms with Crippen LogP contribution in [0.3, 0.4) is 0 Å². The maximum atomic E-state index is 13.4. The van der Waals surface area contributed by atoms with Crippen LogP contribution in [0, 0.1) is 5.82 Å². The minimum Gasteiger partial charge on any atom is -0.349 e. The molecule has 0 radical (unpaired) electrons. The molecule has 1 fully saturated rings. The van der Waals surface area contributed by atoms with E-state index in [1.54, 1.807) is 30.5 Å². The Bertz CT molecular complexity index is 1140. The molecule has 0 saturated heterocycles. The fourth-order valence-electron chi connectivity index (χ4n) is 4.86. The van der Waals surface area contributed by atoms with E-state index in [1.807, 2.05) is 6.07 Å². The van der Waals surface area contributed by atoms with E-state index in [4.69, 9.17) is 0 Å². The number of halogens is 1. The number of nitrogens with zero attached hydrogens (tertiary/aromatic N) is 2. The zero-order valence-electron chi connectivity index (χ0n) is 19.8. The Morgan fingerprint density at radius 1 is 0.941 bits per heavy atom. The zero-order valence-corrected chi connectivity index (χ0v) is 19.8. The van der Waals surface area contributed by atoms with Crippen LogP contribution in [0.15, 0.2) is 53.5 Å². The summed E-state index contributed by atoms with van der Waals surface area (Å²) in [5.74, 6) is -0.648. The van der Waals surface area contributed by atoms with Gasteiger partial charge < -0.3 is 5.32 Å². The molecule has 1 N–H and O–H groups in total. The highest BCUT2D eigenvalue weighted by molar-refractivity contribution is 5.97. The van der Waals surface area contributed by atoms with Gasteiger partial charge in [0.15, 0.2) is 0 Å². The number of rotatable bonds is 4. The second-order valence-corrected chi connectivity index (χ2v) is 9.42. The minimum absolute atomic E-state index is 0.0847. The summed E-state index contributed by atoms with van der Waals surface area (Å²) in [6, 6.07) is 11.4. The average molecular weight is 464 g/mol. The predicted octanol–water partition coefficient (Wildman–Crippen LogP) is 5.99. The third kappa shape index (κ3) is 6.31. The van der Waals surface area contributed by atoms with Crippen molar-refractivity contribution in [1.82, 2.24) is 14.9 Å². The number of aromatic nitrogens is 2. The lowest BCUT2D eigenvalue weighted by atomic mass is 9.97. The van der Waals surface area contributed by atoms with E-state index in [9.17, 15) is 14.0 Å². The number of carbonyl (C=O) groups excluding carboxylic acids is 1. The number of hydrogen-bond donors (Lipinski definition) is 1. The predicted molar refractivity (Wildman–Crippen MR) is 134 cm³/mol. The largest absolute Gasteiger partial charge is 0.349 e. The molecule has 4 rings (SSSR count). The third-order valence-corrected chi connectivity index (χ3v) is 6.79. The second kappa shape index (κ2) is 11.9. The molecular weight excluding hydrogens is 429 g/mol. The lowest BCUT2D eigenvalue weighted by molar-refractivity contribution is 0.0929. The molecule has 34 heavy (non-hydrogen) atoms. The van der Waals surface area contributed by atoms with Gasteiger partial charge in [-0.2, -0.15) is 0 Å². The van der Waals surface area contributed by atoms with Crippen molar-refractivity contribution in [2.75, 3.05) is 0 Å². The number of benzene rings is 1. The summed E-state index contributed by atoms with van der Waals surface area (Å²) < 4.78 is 14.9. The van der Waals surface area contributed by atoms with E-state index in [2.05, 4.69) is 10.3 Å². The lowest BCUT2D eigenvalue weighted by Gasteiger charge is -2.20. The van der Waals surface area contributed by atoms with Gasteiger partial charge in [0.25, 0.3) is 11.5 Å². The van der Waals surface area contributed by atoms with Crippen LogP contribution >= 0.6 is 0 Å². The van der Waals surface area contributed by atoms with Crippen LogP contribution < -0.4 is 10.9 Å². The maximum absolute atomic E-state index is 13.4. The maximum Gasteiger partial charge on any atom is 0.265 e. The van der Waals surface area contributed by atoms with Gasteiger partial charge in [-0.1, -0.05) is 69.9 Å². The smallest absolute Gasteiger partial charge is 0.265 e. The Morgan fingerprint density at radius 2 is 1.56 bits per heavy atom. The molecule has 1 saturated carbocycles. The van der Waals surface area contributed by atoms with E-state index >= 15 is 0 Å². The first-order valence-corrected chi connectivity index (χ1v) is 12.7. The van der Waals surface area contributed by atoms with Crippen molar-refractivity contribution in [2.45, 2.75) is 83.2 Å². The van der Waals surface area contributed by atoms with Crippen LogP contribution in [0.5, 0.6) is 0 Å². The quantitative estimate of drug-likeness (QED) is 0.517. The Kier molecular flexibility index (Phi) is 8.45. The Hall–Kier alpha value is -3.02. The van der Waals surface area contributed by atoms with Gasteiger partial charge in [-0.05, 0) is 48.7 Å². The minimum atomic E-state index is -0.374. The number of fused-ring (bicyclic) bond motifs is 1. The average Bonchev–Trinajstić information content (AvgIpc) is 2.83. The normalized spacial score (nSPS) is 16.5. The lowest BCUT2D eigenvalue weighted by Crippen LogP contribution is -2.39. The molecule has 0 bridgehead atoms. The first kappa shape index (κ1) is 24.1. The SMILES string of the molecule is O=C(NC1CCCCCCCCCCC1)c1cc2cccnc2n(Cc2ccc(F)cc2)c1=O. The van der Waals surface area contributed by atoms with Crippen LogP contribution in [0.2, 0.25) is 0 Å². The first-order chi connectivity index (χ1) is 16.6. The number of pyridine rings is 2. The summed E-state index contributed by atoms with van der Waals surface area (Å²) in [5.41, 5.74) is 1.04. The summed E-state index contributed by atoms with van der Waals surface area (Å²) in [5, 5.41) is 3.90. The van der Waals surface area contributed by atoms with Crippen LogP contribution in [-0.2, 0) is 6.54 Å².